The lowest BCUT2D eigenvalue weighted by molar-refractivity contribution is 0.146. The zero-order valence-electron chi connectivity index (χ0n) is 19.4. The van der Waals surface area contributed by atoms with Crippen LogP contribution in [-0.4, -0.2) is 59.0 Å². The van der Waals surface area contributed by atoms with Crippen molar-refractivity contribution >= 4 is 0 Å². The van der Waals surface area contributed by atoms with Gasteiger partial charge in [-0.25, -0.2) is 0 Å². The second-order valence-corrected chi connectivity index (χ2v) is 8.51. The smallest absolute Gasteiger partial charge is 0.119 e. The van der Waals surface area contributed by atoms with E-state index in [-0.39, 0.29) is 18.1 Å². The van der Waals surface area contributed by atoms with Crippen LogP contribution in [-0.2, 0) is 14.2 Å². The molecule has 2 aliphatic rings. The van der Waals surface area contributed by atoms with Crippen LogP contribution in [0.4, 0.5) is 0 Å². The molecule has 178 valence electrons. The second kappa shape index (κ2) is 10.9. The zero-order valence-corrected chi connectivity index (χ0v) is 19.4. The van der Waals surface area contributed by atoms with Crippen molar-refractivity contribution in [3.05, 3.63) is 89.5 Å². The summed E-state index contributed by atoms with van der Waals surface area (Å²) in [5, 5.41) is 0. The molecule has 0 amide bonds. The Labute approximate surface area is 200 Å². The van der Waals surface area contributed by atoms with Crippen LogP contribution in [0.1, 0.15) is 22.6 Å². The second-order valence-electron chi connectivity index (χ2n) is 8.51. The van der Waals surface area contributed by atoms with E-state index in [4.69, 9.17) is 28.4 Å². The number of ether oxygens (including phenoxy) is 6. The molecule has 0 saturated carbocycles. The molecule has 3 aromatic carbocycles. The molecule has 0 aliphatic carbocycles. The third-order valence-corrected chi connectivity index (χ3v) is 5.87. The summed E-state index contributed by atoms with van der Waals surface area (Å²) in [7, 11) is 1.67. The fraction of sp³-hybridized carbons (Fsp3) is 0.357. The predicted octanol–water partition coefficient (Wildman–Crippen LogP) is 4.45. The fourth-order valence-corrected chi connectivity index (χ4v) is 3.80. The van der Waals surface area contributed by atoms with E-state index in [2.05, 4.69) is 36.4 Å². The Morgan fingerprint density at radius 3 is 1.35 bits per heavy atom. The number of rotatable bonds is 13. The Bertz CT molecular complexity index is 965. The molecule has 3 aromatic rings. The van der Waals surface area contributed by atoms with Crippen molar-refractivity contribution < 1.29 is 28.4 Å². The van der Waals surface area contributed by atoms with Gasteiger partial charge in [0, 0.05) is 13.0 Å². The van der Waals surface area contributed by atoms with E-state index in [0.29, 0.717) is 26.4 Å². The molecule has 2 saturated heterocycles. The maximum atomic E-state index is 5.83. The zero-order chi connectivity index (χ0) is 23.2. The SMILES string of the molecule is COCCOc1ccc(C(c2ccc(OCC3CO3)cc2)c2ccc(OCC3CO3)cc2)cc1. The minimum absolute atomic E-state index is 0.0645. The van der Waals surface area contributed by atoms with Crippen LogP contribution in [0.25, 0.3) is 0 Å². The van der Waals surface area contributed by atoms with Crippen molar-refractivity contribution in [3.8, 4) is 17.2 Å². The van der Waals surface area contributed by atoms with Crippen LogP contribution in [0.3, 0.4) is 0 Å². The van der Waals surface area contributed by atoms with Gasteiger partial charge in [0.25, 0.3) is 0 Å². The molecule has 5 rings (SSSR count). The number of hydrogen-bond donors (Lipinski definition) is 0. The maximum Gasteiger partial charge on any atom is 0.119 e. The van der Waals surface area contributed by atoms with Crippen molar-refractivity contribution in [1.82, 2.24) is 0 Å². The van der Waals surface area contributed by atoms with Crippen LogP contribution in [0.2, 0.25) is 0 Å². The third-order valence-electron chi connectivity index (χ3n) is 5.87. The standard InChI is InChI=1S/C28H30O6/c1-29-14-15-30-23-8-2-20(3-9-23)28(21-4-10-24(11-5-21)31-16-26-18-33-26)22-6-12-25(13-7-22)32-17-27-19-34-27/h2-13,26-28H,14-19H2,1H3. The highest BCUT2D eigenvalue weighted by atomic mass is 16.6. The largest absolute Gasteiger partial charge is 0.491 e. The number of benzene rings is 3. The highest BCUT2D eigenvalue weighted by Crippen LogP contribution is 2.35. The molecule has 0 radical (unpaired) electrons. The molecule has 6 heteroatoms. The van der Waals surface area contributed by atoms with Gasteiger partial charge in [0.1, 0.15) is 49.3 Å². The molecule has 0 bridgehead atoms. The summed E-state index contributed by atoms with van der Waals surface area (Å²) in [6.07, 6.45) is 0.480. The molecular weight excluding hydrogens is 432 g/mol. The van der Waals surface area contributed by atoms with Gasteiger partial charge in [-0.15, -0.1) is 0 Å². The number of methoxy groups -OCH3 is 1. The molecule has 2 fully saturated rings. The molecule has 0 aromatic heterocycles. The molecule has 0 N–H and O–H groups in total. The van der Waals surface area contributed by atoms with Crippen molar-refractivity contribution in [1.29, 1.82) is 0 Å². The van der Waals surface area contributed by atoms with E-state index in [9.17, 15) is 0 Å². The molecule has 2 heterocycles. The van der Waals surface area contributed by atoms with E-state index in [1.165, 1.54) is 16.7 Å². The van der Waals surface area contributed by atoms with E-state index in [0.717, 1.165) is 30.5 Å². The van der Waals surface area contributed by atoms with Gasteiger partial charge in [0.2, 0.25) is 0 Å². The molecule has 2 aliphatic heterocycles. The van der Waals surface area contributed by atoms with Crippen molar-refractivity contribution in [3.63, 3.8) is 0 Å². The first-order valence-electron chi connectivity index (χ1n) is 11.7. The summed E-state index contributed by atoms with van der Waals surface area (Å²) >= 11 is 0. The molecule has 2 atom stereocenters. The van der Waals surface area contributed by atoms with E-state index < -0.39 is 0 Å². The molecule has 34 heavy (non-hydrogen) atoms. The average molecular weight is 463 g/mol. The summed E-state index contributed by atoms with van der Waals surface area (Å²) in [6, 6.07) is 24.9. The summed E-state index contributed by atoms with van der Waals surface area (Å²) in [6.45, 7) is 3.87. The van der Waals surface area contributed by atoms with Crippen LogP contribution >= 0.6 is 0 Å². The first-order chi connectivity index (χ1) is 16.8. The van der Waals surface area contributed by atoms with Crippen LogP contribution in [0.5, 0.6) is 17.2 Å². The summed E-state index contributed by atoms with van der Waals surface area (Å²) in [4.78, 5) is 0. The topological polar surface area (TPSA) is 62.0 Å². The quantitative estimate of drug-likeness (QED) is 0.213. The lowest BCUT2D eigenvalue weighted by Gasteiger charge is -2.20. The minimum atomic E-state index is 0.0645. The van der Waals surface area contributed by atoms with E-state index >= 15 is 0 Å². The third kappa shape index (κ3) is 6.29. The van der Waals surface area contributed by atoms with Crippen molar-refractivity contribution in [2.75, 3.05) is 46.8 Å². The summed E-state index contributed by atoms with van der Waals surface area (Å²) in [5.74, 6) is 2.60. The van der Waals surface area contributed by atoms with Gasteiger partial charge in [0.05, 0.1) is 19.8 Å². The summed E-state index contributed by atoms with van der Waals surface area (Å²) < 4.78 is 32.9. The summed E-state index contributed by atoms with van der Waals surface area (Å²) in [5.41, 5.74) is 3.55. The highest BCUT2D eigenvalue weighted by molar-refractivity contribution is 5.46. The molecular formula is C28H30O6. The lowest BCUT2D eigenvalue weighted by Crippen LogP contribution is -2.07. The van der Waals surface area contributed by atoms with Crippen molar-refractivity contribution in [2.24, 2.45) is 0 Å². The van der Waals surface area contributed by atoms with Crippen LogP contribution in [0, 0.1) is 0 Å². The minimum Gasteiger partial charge on any atom is -0.491 e. The highest BCUT2D eigenvalue weighted by Gasteiger charge is 2.24. The van der Waals surface area contributed by atoms with Gasteiger partial charge >= 0.3 is 0 Å². The molecule has 0 spiro atoms. The Morgan fingerprint density at radius 1 is 0.618 bits per heavy atom. The number of hydrogen-bond acceptors (Lipinski definition) is 6. The Morgan fingerprint density at radius 2 is 1.00 bits per heavy atom. The van der Waals surface area contributed by atoms with Gasteiger partial charge in [-0.05, 0) is 53.1 Å². The van der Waals surface area contributed by atoms with E-state index in [1.54, 1.807) is 7.11 Å². The van der Waals surface area contributed by atoms with Crippen molar-refractivity contribution in [2.45, 2.75) is 18.1 Å². The first-order valence-corrected chi connectivity index (χ1v) is 11.7. The van der Waals surface area contributed by atoms with E-state index in [1.807, 2.05) is 36.4 Å². The molecule has 2 unspecified atom stereocenters. The van der Waals surface area contributed by atoms with Crippen LogP contribution in [0.15, 0.2) is 72.8 Å². The fourth-order valence-electron chi connectivity index (χ4n) is 3.80. The van der Waals surface area contributed by atoms with Gasteiger partial charge in [-0.3, -0.25) is 0 Å². The maximum absolute atomic E-state index is 5.83. The Kier molecular flexibility index (Phi) is 7.29. The first kappa shape index (κ1) is 22.7. The van der Waals surface area contributed by atoms with Gasteiger partial charge < -0.3 is 28.4 Å². The van der Waals surface area contributed by atoms with Gasteiger partial charge in [-0.2, -0.15) is 0 Å². The van der Waals surface area contributed by atoms with Gasteiger partial charge in [0.15, 0.2) is 0 Å². The Balaban J connectivity index is 1.35. The Hall–Kier alpha value is -3.06. The molecule has 6 nitrogen and oxygen atoms in total. The predicted molar refractivity (Wildman–Crippen MR) is 128 cm³/mol. The average Bonchev–Trinajstić information content (AvgIpc) is 3.80. The van der Waals surface area contributed by atoms with Crippen LogP contribution < -0.4 is 14.2 Å². The monoisotopic (exact) mass is 462 g/mol. The van der Waals surface area contributed by atoms with Gasteiger partial charge in [-0.1, -0.05) is 36.4 Å². The lowest BCUT2D eigenvalue weighted by atomic mass is 9.85. The normalized spacial score (nSPS) is 19.3. The number of epoxide rings is 2.